The van der Waals surface area contributed by atoms with E-state index in [0.717, 1.165) is 13.1 Å². The maximum atomic E-state index is 2.36. The zero-order valence-corrected chi connectivity index (χ0v) is 25.7. The van der Waals surface area contributed by atoms with E-state index in [2.05, 4.69) is 147 Å². The molecule has 7 aromatic carbocycles. The maximum absolute atomic E-state index is 2.36. The molecule has 0 fully saturated rings. The smallest absolute Gasteiger partial charge is 0.0470 e. The fraction of sp³-hybridized carbons (Fsp3) is 0.143. The topological polar surface area (TPSA) is 6.48 Å². The number of fused-ring (bicyclic) bond motifs is 2. The Hall–Kier alpha value is -5.08. The van der Waals surface area contributed by atoms with E-state index in [1.54, 1.807) is 0 Å². The fourth-order valence-electron chi connectivity index (χ4n) is 8.14. The number of rotatable bonds is 4. The third-order valence-corrected chi connectivity index (χ3v) is 9.54. The van der Waals surface area contributed by atoms with Crippen LogP contribution in [0.4, 0.5) is 0 Å². The molecule has 0 radical (unpaired) electrons. The van der Waals surface area contributed by atoms with E-state index in [9.17, 15) is 0 Å². The fourth-order valence-corrected chi connectivity index (χ4v) is 8.14. The first-order valence-corrected chi connectivity index (χ1v) is 15.6. The molecule has 9 rings (SSSR count). The maximum Gasteiger partial charge on any atom is 0.0470 e. The van der Waals surface area contributed by atoms with Crippen LogP contribution in [-0.4, -0.2) is 9.80 Å². The van der Waals surface area contributed by atoms with Crippen LogP contribution in [-0.2, 0) is 13.1 Å². The lowest BCUT2D eigenvalue weighted by atomic mass is 9.87. The van der Waals surface area contributed by atoms with E-state index in [0.29, 0.717) is 0 Å². The lowest BCUT2D eigenvalue weighted by Crippen LogP contribution is -2.27. The van der Waals surface area contributed by atoms with Gasteiger partial charge in [0.25, 0.3) is 0 Å². The zero-order valence-electron chi connectivity index (χ0n) is 25.7. The Bertz CT molecular complexity index is 2260. The Morgan fingerprint density at radius 2 is 0.659 bits per heavy atom. The quantitative estimate of drug-likeness (QED) is 0.168. The van der Waals surface area contributed by atoms with Gasteiger partial charge in [-0.2, -0.15) is 0 Å². The number of benzene rings is 7. The highest BCUT2D eigenvalue weighted by molar-refractivity contribution is 6.33. The van der Waals surface area contributed by atoms with Crippen molar-refractivity contribution in [3.05, 3.63) is 139 Å². The Morgan fingerprint density at radius 1 is 0.364 bits per heavy atom. The molecule has 0 saturated carbocycles. The summed E-state index contributed by atoms with van der Waals surface area (Å²) in [7, 11) is 0. The van der Waals surface area contributed by atoms with E-state index in [1.807, 2.05) is 0 Å². The van der Waals surface area contributed by atoms with Gasteiger partial charge in [0.05, 0.1) is 0 Å². The molecule has 0 N–H and O–H groups in total. The largest absolute Gasteiger partial charge is 0.349 e. The molecule has 0 aliphatic carbocycles. The van der Waals surface area contributed by atoms with Crippen molar-refractivity contribution in [2.75, 3.05) is 0 Å². The summed E-state index contributed by atoms with van der Waals surface area (Å²) < 4.78 is 0. The molecule has 2 heterocycles. The number of hydrogen-bond donors (Lipinski definition) is 0. The normalized spacial score (nSPS) is 13.8. The summed E-state index contributed by atoms with van der Waals surface area (Å²) in [6.45, 7) is 10.5. The van der Waals surface area contributed by atoms with Crippen LogP contribution in [0, 0.1) is 27.7 Å². The molecule has 0 bridgehead atoms. The third-order valence-electron chi connectivity index (χ3n) is 9.54. The molecular weight excluding hydrogens is 532 g/mol. The van der Waals surface area contributed by atoms with Crippen molar-refractivity contribution >= 4 is 67.9 Å². The average Bonchev–Trinajstić information content (AvgIpc) is 2.97. The first-order valence-electron chi connectivity index (χ1n) is 15.6. The molecule has 0 aromatic heterocycles. The van der Waals surface area contributed by atoms with Gasteiger partial charge in [-0.3, -0.25) is 0 Å². The highest BCUT2D eigenvalue weighted by Crippen LogP contribution is 2.37. The molecule has 0 saturated heterocycles. The van der Waals surface area contributed by atoms with E-state index in [-0.39, 0.29) is 0 Å². The SMILES string of the molecule is Cc1cc(C)cc(CN2C=c3ccc4c5ccc6c7c(ccc(c8ccc(c3c48)=C2)c75)=CN(Cc2cc(C)cc(C)c2)C=6)c1. The Labute approximate surface area is 257 Å². The van der Waals surface area contributed by atoms with Crippen LogP contribution in [0.3, 0.4) is 0 Å². The molecule has 2 nitrogen and oxygen atoms in total. The average molecular weight is 567 g/mol. The molecule has 2 heteroatoms. The van der Waals surface area contributed by atoms with Crippen LogP contribution in [0.25, 0.3) is 67.9 Å². The van der Waals surface area contributed by atoms with Crippen molar-refractivity contribution < 1.29 is 0 Å². The van der Waals surface area contributed by atoms with E-state index >= 15 is 0 Å². The van der Waals surface area contributed by atoms with Crippen LogP contribution < -0.4 is 20.9 Å². The van der Waals surface area contributed by atoms with Gasteiger partial charge >= 0.3 is 0 Å². The van der Waals surface area contributed by atoms with Crippen LogP contribution in [0.15, 0.2) is 84.9 Å². The summed E-state index contributed by atoms with van der Waals surface area (Å²) in [6.07, 6.45) is 9.32. The second-order valence-corrected chi connectivity index (χ2v) is 13.2. The molecule has 0 amide bonds. The van der Waals surface area contributed by atoms with Crippen LogP contribution >= 0.6 is 0 Å². The van der Waals surface area contributed by atoms with Gasteiger partial charge in [-0.1, -0.05) is 107 Å². The lowest BCUT2D eigenvalue weighted by molar-refractivity contribution is 0.586. The van der Waals surface area contributed by atoms with Gasteiger partial charge in [-0.15, -0.1) is 0 Å². The second-order valence-electron chi connectivity index (χ2n) is 13.2. The minimum Gasteiger partial charge on any atom is -0.349 e. The van der Waals surface area contributed by atoms with E-state index < -0.39 is 0 Å². The molecule has 0 spiro atoms. The predicted molar refractivity (Wildman–Crippen MR) is 187 cm³/mol. The summed E-state index contributed by atoms with van der Waals surface area (Å²) in [5.74, 6) is 0. The van der Waals surface area contributed by atoms with E-state index in [4.69, 9.17) is 0 Å². The molecule has 2 aliphatic heterocycles. The van der Waals surface area contributed by atoms with Gasteiger partial charge in [0, 0.05) is 48.7 Å². The van der Waals surface area contributed by atoms with E-state index in [1.165, 1.54) is 97.3 Å². The van der Waals surface area contributed by atoms with Crippen molar-refractivity contribution in [1.29, 1.82) is 0 Å². The highest BCUT2D eigenvalue weighted by Gasteiger charge is 2.18. The van der Waals surface area contributed by atoms with Gasteiger partial charge in [0.1, 0.15) is 0 Å². The van der Waals surface area contributed by atoms with Crippen molar-refractivity contribution in [3.8, 4) is 0 Å². The molecule has 0 atom stereocenters. The molecule has 7 aromatic rings. The van der Waals surface area contributed by atoms with Crippen molar-refractivity contribution in [3.63, 3.8) is 0 Å². The minimum absolute atomic E-state index is 0.869. The lowest BCUT2D eigenvalue weighted by Gasteiger charge is -2.23. The van der Waals surface area contributed by atoms with Crippen molar-refractivity contribution in [1.82, 2.24) is 9.80 Å². The zero-order chi connectivity index (χ0) is 29.7. The Balaban J connectivity index is 1.21. The third kappa shape index (κ3) is 3.87. The first-order chi connectivity index (χ1) is 21.4. The Morgan fingerprint density at radius 3 is 0.955 bits per heavy atom. The predicted octanol–water partition coefficient (Wildman–Crippen LogP) is 6.95. The summed E-state index contributed by atoms with van der Waals surface area (Å²) >= 11 is 0. The molecular formula is C42H34N2. The minimum atomic E-state index is 0.869. The van der Waals surface area contributed by atoms with Crippen LogP contribution in [0.2, 0.25) is 0 Å². The standard InChI is InChI=1S/C42H34N2/c1-25-13-26(2)16-29(15-25)19-43-21-31-5-9-35-37-11-7-33-23-44(20-30-17-27(3)14-28(4)18-30)24-34-8-12-38(42(37)40(33)34)36-10-6-32(22-43)39(31)41(35)36/h5-18,21-24H,19-20H2,1-4H3. The van der Waals surface area contributed by atoms with Gasteiger partial charge in [0.2, 0.25) is 0 Å². The monoisotopic (exact) mass is 566 g/mol. The second kappa shape index (κ2) is 9.21. The van der Waals surface area contributed by atoms with Gasteiger partial charge in [-0.25, -0.2) is 0 Å². The molecule has 44 heavy (non-hydrogen) atoms. The van der Waals surface area contributed by atoms with Gasteiger partial charge in [-0.05, 0) is 92.0 Å². The van der Waals surface area contributed by atoms with Crippen LogP contribution in [0.1, 0.15) is 33.4 Å². The van der Waals surface area contributed by atoms with Crippen molar-refractivity contribution in [2.45, 2.75) is 40.8 Å². The molecule has 0 unspecified atom stereocenters. The van der Waals surface area contributed by atoms with Gasteiger partial charge in [0.15, 0.2) is 0 Å². The summed E-state index contributed by atoms with van der Waals surface area (Å²) in [5.41, 5.74) is 7.97. The summed E-state index contributed by atoms with van der Waals surface area (Å²) in [6, 6.07) is 32.5. The summed E-state index contributed by atoms with van der Waals surface area (Å²) in [4.78, 5) is 4.70. The highest BCUT2D eigenvalue weighted by atomic mass is 15.1. The Kier molecular flexibility index (Phi) is 5.32. The number of nitrogens with zero attached hydrogens (tertiary/aromatic N) is 2. The number of hydrogen-bond acceptors (Lipinski definition) is 2. The molecule has 2 aliphatic rings. The first kappa shape index (κ1) is 25.4. The number of aryl methyl sites for hydroxylation is 4. The van der Waals surface area contributed by atoms with Crippen molar-refractivity contribution in [2.24, 2.45) is 0 Å². The molecule has 212 valence electrons. The van der Waals surface area contributed by atoms with Gasteiger partial charge < -0.3 is 9.80 Å². The summed E-state index contributed by atoms with van der Waals surface area (Å²) in [5, 5.41) is 16.1. The van der Waals surface area contributed by atoms with Crippen LogP contribution in [0.5, 0.6) is 0 Å².